The van der Waals surface area contributed by atoms with Gasteiger partial charge in [0, 0.05) is 12.1 Å². The van der Waals surface area contributed by atoms with E-state index in [1.165, 1.54) is 50.5 Å². The number of aliphatic hydroxyl groups is 3. The van der Waals surface area contributed by atoms with Crippen LogP contribution in [0, 0.1) is 57.2 Å². The van der Waals surface area contributed by atoms with E-state index in [0.29, 0.717) is 29.2 Å². The van der Waals surface area contributed by atoms with Gasteiger partial charge in [-0.15, -0.1) is 0 Å². The molecule has 8 rings (SSSR count). The fourth-order valence-corrected chi connectivity index (χ4v) is 13.4. The van der Waals surface area contributed by atoms with Gasteiger partial charge in [-0.2, -0.15) is 0 Å². The molecule has 8 aliphatic carbocycles. The van der Waals surface area contributed by atoms with E-state index in [9.17, 15) is 15.3 Å². The van der Waals surface area contributed by atoms with Crippen LogP contribution in [0.3, 0.4) is 0 Å². The van der Waals surface area contributed by atoms with Gasteiger partial charge in [0.15, 0.2) is 0 Å². The maximum Gasteiger partial charge on any atom is 0.0611 e. The van der Waals surface area contributed by atoms with E-state index in [0.717, 1.165) is 69.1 Å². The fourth-order valence-electron chi connectivity index (χ4n) is 13.4. The summed E-state index contributed by atoms with van der Waals surface area (Å²) in [6.45, 7) is 9.58. The van der Waals surface area contributed by atoms with Crippen molar-refractivity contribution < 1.29 is 15.3 Å². The number of nitrogens with two attached hydrogens (primary N) is 2. The average Bonchev–Trinajstić information content (AvgIpc) is 3.45. The summed E-state index contributed by atoms with van der Waals surface area (Å²) >= 11 is 0. The quantitative estimate of drug-likeness (QED) is 0.213. The highest BCUT2D eigenvalue weighted by Crippen LogP contribution is 2.66. The molecule has 0 bridgehead atoms. The van der Waals surface area contributed by atoms with E-state index < -0.39 is 0 Å². The van der Waals surface area contributed by atoms with Crippen LogP contribution in [-0.4, -0.2) is 45.7 Å². The molecule has 242 valence electrons. The van der Waals surface area contributed by atoms with Crippen molar-refractivity contribution in [3.63, 3.8) is 0 Å². The van der Waals surface area contributed by atoms with Gasteiger partial charge in [-0.05, 0) is 153 Å². The molecule has 8 aliphatic rings. The summed E-state index contributed by atoms with van der Waals surface area (Å²) in [5.41, 5.74) is 16.3. The van der Waals surface area contributed by atoms with Gasteiger partial charge in [0.05, 0.1) is 18.3 Å². The van der Waals surface area contributed by atoms with E-state index >= 15 is 0 Å². The Morgan fingerprint density at radius 1 is 0.581 bits per heavy atom. The van der Waals surface area contributed by atoms with Crippen LogP contribution >= 0.6 is 0 Å². The predicted molar refractivity (Wildman–Crippen MR) is 173 cm³/mol. The molecule has 43 heavy (non-hydrogen) atoms. The zero-order valence-corrected chi connectivity index (χ0v) is 27.6. The molecule has 0 heterocycles. The molecule has 6 fully saturated rings. The van der Waals surface area contributed by atoms with Crippen LogP contribution < -0.4 is 11.5 Å². The van der Waals surface area contributed by atoms with Crippen LogP contribution in [0.15, 0.2) is 23.3 Å². The minimum atomic E-state index is -0.246. The summed E-state index contributed by atoms with van der Waals surface area (Å²) in [4.78, 5) is 0. The number of fused-ring (bicyclic) bond motifs is 10. The molecule has 0 spiro atoms. The fraction of sp³-hybridized carbons (Fsp3) is 0.895. The van der Waals surface area contributed by atoms with E-state index in [1.54, 1.807) is 5.57 Å². The molecular formula is C38H62N2O3. The lowest BCUT2D eigenvalue weighted by Gasteiger charge is -2.59. The Labute approximate surface area is 261 Å². The first-order chi connectivity index (χ1) is 20.3. The van der Waals surface area contributed by atoms with Crippen LogP contribution in [0.4, 0.5) is 0 Å². The molecule has 0 saturated heterocycles. The molecule has 0 amide bonds. The second kappa shape index (κ2) is 10.7. The Morgan fingerprint density at radius 2 is 1.12 bits per heavy atom. The van der Waals surface area contributed by atoms with Crippen molar-refractivity contribution in [1.29, 1.82) is 0 Å². The van der Waals surface area contributed by atoms with Gasteiger partial charge in [0.2, 0.25) is 0 Å². The molecule has 5 nitrogen and oxygen atoms in total. The molecule has 0 aromatic carbocycles. The largest absolute Gasteiger partial charge is 0.393 e. The topological polar surface area (TPSA) is 113 Å². The zero-order valence-electron chi connectivity index (χ0n) is 27.6. The summed E-state index contributed by atoms with van der Waals surface area (Å²) in [5, 5.41) is 31.9. The maximum absolute atomic E-state index is 10.9. The second-order valence-electron chi connectivity index (χ2n) is 17.9. The highest BCUT2D eigenvalue weighted by Gasteiger charge is 2.61. The van der Waals surface area contributed by atoms with Gasteiger partial charge in [-0.3, -0.25) is 0 Å². The molecule has 0 aliphatic heterocycles. The van der Waals surface area contributed by atoms with Crippen LogP contribution in [-0.2, 0) is 0 Å². The van der Waals surface area contributed by atoms with Gasteiger partial charge in [0.25, 0.3) is 0 Å². The third-order valence-electron chi connectivity index (χ3n) is 16.2. The number of hydrogen-bond donors (Lipinski definition) is 5. The predicted octanol–water partition coefficient (Wildman–Crippen LogP) is 6.25. The highest BCUT2D eigenvalue weighted by molar-refractivity contribution is 5.28. The first kappa shape index (κ1) is 30.9. The minimum absolute atomic E-state index is 0.0325. The normalized spacial score (nSPS) is 56.9. The van der Waals surface area contributed by atoms with Gasteiger partial charge in [-0.1, -0.05) is 51.0 Å². The highest BCUT2D eigenvalue weighted by atomic mass is 16.3. The molecule has 0 aromatic rings. The van der Waals surface area contributed by atoms with E-state index in [1.807, 2.05) is 0 Å². The van der Waals surface area contributed by atoms with Crippen molar-refractivity contribution in [3.05, 3.63) is 23.3 Å². The first-order valence-electron chi connectivity index (χ1n) is 18.3. The molecule has 15 atom stereocenters. The third-order valence-corrected chi connectivity index (χ3v) is 16.2. The summed E-state index contributed by atoms with van der Waals surface area (Å²) in [6, 6.07) is 0.473. The monoisotopic (exact) mass is 594 g/mol. The van der Waals surface area contributed by atoms with Crippen LogP contribution in [0.1, 0.15) is 124 Å². The van der Waals surface area contributed by atoms with Gasteiger partial charge < -0.3 is 26.8 Å². The number of aliphatic hydroxyl groups excluding tert-OH is 3. The maximum atomic E-state index is 10.9. The molecule has 0 unspecified atom stereocenters. The van der Waals surface area contributed by atoms with Gasteiger partial charge in [-0.25, -0.2) is 0 Å². The Bertz CT molecular complexity index is 1150. The van der Waals surface area contributed by atoms with Crippen molar-refractivity contribution >= 4 is 0 Å². The van der Waals surface area contributed by atoms with Crippen molar-refractivity contribution in [2.24, 2.45) is 68.6 Å². The molecule has 5 heteroatoms. The number of hydrogen-bond acceptors (Lipinski definition) is 5. The Kier molecular flexibility index (Phi) is 7.66. The molecule has 7 N–H and O–H groups in total. The lowest BCUT2D eigenvalue weighted by atomic mass is 9.46. The van der Waals surface area contributed by atoms with Crippen molar-refractivity contribution in [2.75, 3.05) is 0 Å². The Hall–Kier alpha value is -0.720. The Morgan fingerprint density at radius 3 is 1.77 bits per heavy atom. The lowest BCUT2D eigenvalue weighted by molar-refractivity contribution is -0.120. The van der Waals surface area contributed by atoms with Crippen molar-refractivity contribution in [3.8, 4) is 0 Å². The van der Waals surface area contributed by atoms with Crippen LogP contribution in [0.5, 0.6) is 0 Å². The van der Waals surface area contributed by atoms with Gasteiger partial charge >= 0.3 is 0 Å². The molecule has 0 aromatic heterocycles. The Balaban J connectivity index is 0.000000140. The molecule has 0 radical (unpaired) electrons. The van der Waals surface area contributed by atoms with Crippen LogP contribution in [0.2, 0.25) is 0 Å². The standard InChI is InChI=1S/C19H31NO2.C19H31NO/c1-18-7-5-12(20)9-11(18)10-15(21)17-13-3-4-16(22)19(13,2)8-6-14(17)18;1-18-9-7-13(20)11-12(18)3-4-14-15-5-6-17(21)19(15,2)10-8-16(14)18/h9,12-17,21-22H,3-8,10,20H2,1-2H3;11,13-17,21H,3-10,20H2,1-2H3/t12-,13-,14-,15-,16-,17-,18-,19-;13-,14-,15-,16-,17-,18-,19-/m00/s1. The summed E-state index contributed by atoms with van der Waals surface area (Å²) < 4.78 is 0. The van der Waals surface area contributed by atoms with E-state index in [-0.39, 0.29) is 40.6 Å². The third kappa shape index (κ3) is 4.55. The first-order valence-corrected chi connectivity index (χ1v) is 18.3. The molecular weight excluding hydrogens is 532 g/mol. The van der Waals surface area contributed by atoms with Gasteiger partial charge in [0.1, 0.15) is 0 Å². The summed E-state index contributed by atoms with van der Waals surface area (Å²) in [6.07, 6.45) is 21.4. The van der Waals surface area contributed by atoms with E-state index in [4.69, 9.17) is 11.5 Å². The number of allylic oxidation sites excluding steroid dienone is 1. The summed E-state index contributed by atoms with van der Waals surface area (Å²) in [5.74, 6) is 3.88. The minimum Gasteiger partial charge on any atom is -0.393 e. The van der Waals surface area contributed by atoms with Crippen molar-refractivity contribution in [2.45, 2.75) is 154 Å². The summed E-state index contributed by atoms with van der Waals surface area (Å²) in [7, 11) is 0. The van der Waals surface area contributed by atoms with Crippen molar-refractivity contribution in [1.82, 2.24) is 0 Å². The SMILES string of the molecule is C[C@]12CC[C@H]3[C@@H](CCC4=C[C@@H](N)CC[C@@]43C)[C@@H]1CC[C@@H]2O.C[C@]12CC[C@H]3[C@@H]([C@@H](O)CC4=C[C@@H](N)CC[C@@]43C)[C@@H]1CC[C@@H]2O. The second-order valence-corrected chi connectivity index (χ2v) is 17.9. The zero-order chi connectivity index (χ0) is 30.5. The average molecular weight is 595 g/mol. The lowest BCUT2D eigenvalue weighted by Crippen LogP contribution is -2.56. The molecule has 6 saturated carbocycles. The van der Waals surface area contributed by atoms with Crippen LogP contribution in [0.25, 0.3) is 0 Å². The number of rotatable bonds is 0. The smallest absolute Gasteiger partial charge is 0.0611 e. The van der Waals surface area contributed by atoms with E-state index in [2.05, 4.69) is 39.8 Å².